The van der Waals surface area contributed by atoms with Gasteiger partial charge in [0.1, 0.15) is 5.75 Å². The summed E-state index contributed by atoms with van der Waals surface area (Å²) in [6.07, 6.45) is 9.73. The topological polar surface area (TPSA) is 47.3 Å². The Labute approximate surface area is 134 Å². The second-order valence-electron chi connectivity index (χ2n) is 5.58. The molecule has 0 heterocycles. The fourth-order valence-corrected chi connectivity index (χ4v) is 2.78. The average Bonchev–Trinajstić information content (AvgIpc) is 2.49. The largest absolute Gasteiger partial charge is 0.496 e. The normalized spacial score (nSPS) is 12.4. The van der Waals surface area contributed by atoms with Gasteiger partial charge in [0.2, 0.25) is 0 Å². The van der Waals surface area contributed by atoms with Crippen LogP contribution in [-0.2, 0) is 6.42 Å². The lowest BCUT2D eigenvalue weighted by Crippen LogP contribution is -2.36. The highest BCUT2D eigenvalue weighted by Crippen LogP contribution is 2.24. The van der Waals surface area contributed by atoms with E-state index in [1.807, 2.05) is 18.2 Å². The molecule has 0 saturated carbocycles. The molecule has 0 amide bonds. The highest BCUT2D eigenvalue weighted by Gasteiger charge is 2.11. The summed E-state index contributed by atoms with van der Waals surface area (Å²) < 4.78 is 5.39. The molecule has 0 spiro atoms. The number of nitrogens with two attached hydrogens (primary N) is 1. The molecule has 1 rings (SSSR count). The predicted octanol–water partition coefficient (Wildman–Crippen LogP) is 4.47. The standard InChI is InChI=1S/C17H29ClN2O/c1-3-4-5-6-7-8-9-16(20-19)13-14-12-15(18)10-11-17(14)21-2/h10-12,16,20H,3-9,13,19H2,1-2H3. The molecule has 0 fully saturated rings. The molecule has 3 N–H and O–H groups in total. The molecular formula is C17H29ClN2O. The third-order valence-corrected chi connectivity index (χ3v) is 4.09. The first-order chi connectivity index (χ1) is 10.2. The Morgan fingerprint density at radius 2 is 1.90 bits per heavy atom. The van der Waals surface area contributed by atoms with E-state index >= 15 is 0 Å². The van der Waals surface area contributed by atoms with Crippen LogP contribution in [0.3, 0.4) is 0 Å². The molecule has 21 heavy (non-hydrogen) atoms. The third kappa shape index (κ3) is 7.16. The Morgan fingerprint density at radius 1 is 1.19 bits per heavy atom. The van der Waals surface area contributed by atoms with Gasteiger partial charge in [-0.1, -0.05) is 57.0 Å². The second-order valence-corrected chi connectivity index (χ2v) is 6.02. The molecular weight excluding hydrogens is 284 g/mol. The number of hydrogen-bond acceptors (Lipinski definition) is 3. The molecule has 0 aliphatic carbocycles. The molecule has 0 aliphatic heterocycles. The molecule has 0 aromatic heterocycles. The van der Waals surface area contributed by atoms with Gasteiger partial charge in [0.25, 0.3) is 0 Å². The van der Waals surface area contributed by atoms with Crippen molar-refractivity contribution in [2.75, 3.05) is 7.11 Å². The second kappa shape index (κ2) is 10.9. The Bertz CT molecular complexity index is 398. The summed E-state index contributed by atoms with van der Waals surface area (Å²) in [5.41, 5.74) is 4.03. The lowest BCUT2D eigenvalue weighted by atomic mass is 9.99. The maximum absolute atomic E-state index is 6.07. The lowest BCUT2D eigenvalue weighted by molar-refractivity contribution is 0.400. The Morgan fingerprint density at radius 3 is 2.57 bits per heavy atom. The Kier molecular flexibility index (Phi) is 9.48. The number of nitrogens with one attached hydrogen (secondary N) is 1. The van der Waals surface area contributed by atoms with Crippen LogP contribution in [0.5, 0.6) is 5.75 Å². The summed E-state index contributed by atoms with van der Waals surface area (Å²) in [4.78, 5) is 0. The lowest BCUT2D eigenvalue weighted by Gasteiger charge is -2.18. The Hall–Kier alpha value is -0.770. The molecule has 1 unspecified atom stereocenters. The van der Waals surface area contributed by atoms with Crippen LogP contribution in [-0.4, -0.2) is 13.2 Å². The van der Waals surface area contributed by atoms with Crippen LogP contribution in [0.15, 0.2) is 18.2 Å². The number of ether oxygens (including phenoxy) is 1. The fraction of sp³-hybridized carbons (Fsp3) is 0.647. The minimum absolute atomic E-state index is 0.267. The van der Waals surface area contributed by atoms with Crippen molar-refractivity contribution in [3.63, 3.8) is 0 Å². The number of benzene rings is 1. The third-order valence-electron chi connectivity index (χ3n) is 3.85. The summed E-state index contributed by atoms with van der Waals surface area (Å²) in [6.45, 7) is 2.24. The van der Waals surface area contributed by atoms with E-state index in [1.54, 1.807) is 7.11 Å². The van der Waals surface area contributed by atoms with Gasteiger partial charge >= 0.3 is 0 Å². The van der Waals surface area contributed by atoms with E-state index < -0.39 is 0 Å². The van der Waals surface area contributed by atoms with Crippen LogP contribution in [0.2, 0.25) is 5.02 Å². The number of methoxy groups -OCH3 is 1. The van der Waals surface area contributed by atoms with Crippen molar-refractivity contribution in [3.8, 4) is 5.75 Å². The van der Waals surface area contributed by atoms with E-state index in [1.165, 1.54) is 38.5 Å². The van der Waals surface area contributed by atoms with Gasteiger partial charge in [-0.25, -0.2) is 0 Å². The van der Waals surface area contributed by atoms with E-state index in [9.17, 15) is 0 Å². The van der Waals surface area contributed by atoms with Crippen LogP contribution in [0, 0.1) is 0 Å². The van der Waals surface area contributed by atoms with Gasteiger partial charge in [0, 0.05) is 11.1 Å². The zero-order valence-electron chi connectivity index (χ0n) is 13.3. The first-order valence-corrected chi connectivity index (χ1v) is 8.37. The molecule has 1 aromatic carbocycles. The quantitative estimate of drug-likeness (QED) is 0.360. The van der Waals surface area contributed by atoms with Crippen LogP contribution < -0.4 is 16.0 Å². The summed E-state index contributed by atoms with van der Waals surface area (Å²) in [6, 6.07) is 5.99. The smallest absolute Gasteiger partial charge is 0.122 e. The van der Waals surface area contributed by atoms with Crippen LogP contribution in [0.25, 0.3) is 0 Å². The maximum Gasteiger partial charge on any atom is 0.122 e. The van der Waals surface area contributed by atoms with Crippen molar-refractivity contribution in [3.05, 3.63) is 28.8 Å². The number of rotatable bonds is 11. The molecule has 4 heteroatoms. The van der Waals surface area contributed by atoms with Crippen LogP contribution in [0.1, 0.15) is 57.4 Å². The number of hydrogen-bond donors (Lipinski definition) is 2. The van der Waals surface area contributed by atoms with Crippen molar-refractivity contribution in [2.24, 2.45) is 5.84 Å². The average molecular weight is 313 g/mol. The summed E-state index contributed by atoms with van der Waals surface area (Å²) in [5.74, 6) is 6.57. The monoisotopic (exact) mass is 312 g/mol. The molecule has 3 nitrogen and oxygen atoms in total. The van der Waals surface area contributed by atoms with Gasteiger partial charge in [-0.15, -0.1) is 0 Å². The molecule has 1 aromatic rings. The van der Waals surface area contributed by atoms with E-state index in [-0.39, 0.29) is 6.04 Å². The van der Waals surface area contributed by atoms with E-state index in [0.29, 0.717) is 0 Å². The molecule has 0 aliphatic rings. The molecule has 1 atom stereocenters. The number of unbranched alkanes of at least 4 members (excludes halogenated alkanes) is 5. The first kappa shape index (κ1) is 18.3. The van der Waals surface area contributed by atoms with Crippen molar-refractivity contribution in [2.45, 2.75) is 64.3 Å². The predicted molar refractivity (Wildman–Crippen MR) is 90.8 cm³/mol. The minimum Gasteiger partial charge on any atom is -0.496 e. The van der Waals surface area contributed by atoms with Gasteiger partial charge in [-0.2, -0.15) is 0 Å². The molecule has 120 valence electrons. The van der Waals surface area contributed by atoms with Crippen molar-refractivity contribution in [1.29, 1.82) is 0 Å². The molecule has 0 bridgehead atoms. The van der Waals surface area contributed by atoms with Crippen molar-refractivity contribution < 1.29 is 4.74 Å². The highest BCUT2D eigenvalue weighted by atomic mass is 35.5. The van der Waals surface area contributed by atoms with Crippen molar-refractivity contribution >= 4 is 11.6 Å². The maximum atomic E-state index is 6.07. The van der Waals surface area contributed by atoms with Gasteiger partial charge in [-0.05, 0) is 36.6 Å². The molecule has 0 radical (unpaired) electrons. The number of halogens is 1. The SMILES string of the molecule is CCCCCCCCC(Cc1cc(Cl)ccc1OC)NN. The van der Waals surface area contributed by atoms with Crippen LogP contribution >= 0.6 is 11.6 Å². The minimum atomic E-state index is 0.267. The molecule has 0 saturated heterocycles. The fourth-order valence-electron chi connectivity index (χ4n) is 2.59. The number of hydrazine groups is 1. The summed E-state index contributed by atoms with van der Waals surface area (Å²) in [5, 5.41) is 0.737. The van der Waals surface area contributed by atoms with E-state index in [2.05, 4.69) is 12.3 Å². The van der Waals surface area contributed by atoms with E-state index in [0.717, 1.165) is 29.2 Å². The van der Waals surface area contributed by atoms with Gasteiger partial charge in [-0.3, -0.25) is 11.3 Å². The Balaban J connectivity index is 2.41. The van der Waals surface area contributed by atoms with Gasteiger partial charge in [0.15, 0.2) is 0 Å². The van der Waals surface area contributed by atoms with Crippen molar-refractivity contribution in [1.82, 2.24) is 5.43 Å². The highest BCUT2D eigenvalue weighted by molar-refractivity contribution is 6.30. The van der Waals surface area contributed by atoms with Gasteiger partial charge < -0.3 is 4.74 Å². The van der Waals surface area contributed by atoms with E-state index in [4.69, 9.17) is 22.2 Å². The zero-order valence-corrected chi connectivity index (χ0v) is 14.1. The summed E-state index contributed by atoms with van der Waals surface area (Å²) in [7, 11) is 1.69. The van der Waals surface area contributed by atoms with Gasteiger partial charge in [0.05, 0.1) is 7.11 Å². The summed E-state index contributed by atoms with van der Waals surface area (Å²) >= 11 is 6.07. The first-order valence-electron chi connectivity index (χ1n) is 7.99. The zero-order chi connectivity index (χ0) is 15.5. The van der Waals surface area contributed by atoms with Crippen LogP contribution in [0.4, 0.5) is 0 Å².